The third-order valence-corrected chi connectivity index (χ3v) is 3.14. The molecule has 1 aromatic rings. The van der Waals surface area contributed by atoms with E-state index in [2.05, 4.69) is 6.92 Å². The van der Waals surface area contributed by atoms with Gasteiger partial charge in [0.15, 0.2) is 0 Å². The molecule has 0 radical (unpaired) electrons. The average molecular weight is 250 g/mol. The molecule has 0 spiro atoms. The summed E-state index contributed by atoms with van der Waals surface area (Å²) < 4.78 is 13.5. The van der Waals surface area contributed by atoms with Gasteiger partial charge in [-0.2, -0.15) is 0 Å². The summed E-state index contributed by atoms with van der Waals surface area (Å²) in [5.41, 5.74) is 6.20. The van der Waals surface area contributed by atoms with Gasteiger partial charge in [0.25, 0.3) is 0 Å². The van der Waals surface area contributed by atoms with Gasteiger partial charge in [0.2, 0.25) is 0 Å². The van der Waals surface area contributed by atoms with E-state index in [0.717, 1.165) is 12.8 Å². The first kappa shape index (κ1) is 12.8. The number of nitrogens with two attached hydrogens (primary N) is 1. The minimum absolute atomic E-state index is 0.236. The molecule has 0 fully saturated rings. The highest BCUT2D eigenvalue weighted by molar-refractivity contribution is 6.42. The fourth-order valence-corrected chi connectivity index (χ4v) is 1.91. The van der Waals surface area contributed by atoms with Crippen molar-refractivity contribution in [3.63, 3.8) is 0 Å². The van der Waals surface area contributed by atoms with E-state index in [4.69, 9.17) is 28.9 Å². The zero-order valence-corrected chi connectivity index (χ0v) is 10.1. The van der Waals surface area contributed by atoms with Gasteiger partial charge in [0.1, 0.15) is 5.82 Å². The summed E-state index contributed by atoms with van der Waals surface area (Å²) in [5, 5.41) is 0.584. The summed E-state index contributed by atoms with van der Waals surface area (Å²) in [5.74, 6) is -0.381. The van der Waals surface area contributed by atoms with Crippen molar-refractivity contribution in [1.29, 1.82) is 0 Å². The molecular weight excluding hydrogens is 236 g/mol. The van der Waals surface area contributed by atoms with E-state index < -0.39 is 0 Å². The number of unbranched alkanes of at least 4 members (excludes halogenated alkanes) is 1. The Hall–Kier alpha value is -0.310. The van der Waals surface area contributed by atoms with Crippen molar-refractivity contribution in [3.8, 4) is 0 Å². The van der Waals surface area contributed by atoms with E-state index in [1.165, 1.54) is 12.1 Å². The molecule has 1 aromatic carbocycles. The smallest absolute Gasteiger partial charge is 0.129 e. The summed E-state index contributed by atoms with van der Waals surface area (Å²) in [7, 11) is 0. The van der Waals surface area contributed by atoms with Crippen LogP contribution in [0.5, 0.6) is 0 Å². The molecule has 1 nitrogen and oxygen atoms in total. The van der Waals surface area contributed by atoms with Crippen LogP contribution in [0.25, 0.3) is 0 Å². The Morgan fingerprint density at radius 3 is 2.67 bits per heavy atom. The summed E-state index contributed by atoms with van der Waals surface area (Å²) in [6.07, 6.45) is 2.68. The van der Waals surface area contributed by atoms with Crippen molar-refractivity contribution < 1.29 is 4.39 Å². The highest BCUT2D eigenvalue weighted by atomic mass is 35.5. The molecule has 2 N–H and O–H groups in total. The third kappa shape index (κ3) is 3.07. The Labute approximate surface area is 99.4 Å². The van der Waals surface area contributed by atoms with E-state index in [1.54, 1.807) is 0 Å². The Morgan fingerprint density at radius 2 is 2.07 bits per heavy atom. The van der Waals surface area contributed by atoms with Crippen molar-refractivity contribution in [2.24, 2.45) is 5.73 Å². The third-order valence-electron chi connectivity index (χ3n) is 2.32. The fourth-order valence-electron chi connectivity index (χ4n) is 1.45. The molecule has 0 aliphatic heterocycles. The molecule has 0 amide bonds. The van der Waals surface area contributed by atoms with Crippen molar-refractivity contribution >= 4 is 23.2 Å². The lowest BCUT2D eigenvalue weighted by Crippen LogP contribution is -2.12. The zero-order chi connectivity index (χ0) is 11.4. The molecule has 0 aliphatic carbocycles. The van der Waals surface area contributed by atoms with E-state index in [-0.39, 0.29) is 16.9 Å². The van der Waals surface area contributed by atoms with Crippen LogP contribution in [-0.2, 0) is 0 Å². The number of benzene rings is 1. The van der Waals surface area contributed by atoms with Crippen LogP contribution in [0.3, 0.4) is 0 Å². The second-order valence-electron chi connectivity index (χ2n) is 3.51. The van der Waals surface area contributed by atoms with Crippen LogP contribution in [0.15, 0.2) is 12.1 Å². The molecule has 15 heavy (non-hydrogen) atoms. The van der Waals surface area contributed by atoms with Crippen LogP contribution in [0.2, 0.25) is 10.0 Å². The first-order valence-electron chi connectivity index (χ1n) is 4.96. The minimum atomic E-state index is -0.381. The topological polar surface area (TPSA) is 26.0 Å². The summed E-state index contributed by atoms with van der Waals surface area (Å²) in [6, 6.07) is 2.36. The Balaban J connectivity index is 2.96. The van der Waals surface area contributed by atoms with Crippen molar-refractivity contribution in [3.05, 3.63) is 33.6 Å². The van der Waals surface area contributed by atoms with Gasteiger partial charge < -0.3 is 5.73 Å². The molecule has 0 unspecified atom stereocenters. The van der Waals surface area contributed by atoms with Gasteiger partial charge in [-0.1, -0.05) is 43.0 Å². The molecule has 0 saturated carbocycles. The SMILES string of the molecule is CCCC[C@@H](N)c1c(F)ccc(Cl)c1Cl. The standard InChI is InChI=1S/C11H14Cl2FN/c1-2-3-4-9(15)10-8(14)6-5-7(12)11(10)13/h5-6,9H,2-4,15H2,1H3/t9-/m1/s1. The Kier molecular flexibility index (Phi) is 4.84. The molecule has 1 atom stereocenters. The first-order chi connectivity index (χ1) is 7.07. The Bertz CT molecular complexity index is 342. The fraction of sp³-hybridized carbons (Fsp3) is 0.455. The molecule has 0 aliphatic rings. The molecule has 0 bridgehead atoms. The summed E-state index contributed by atoms with van der Waals surface area (Å²) >= 11 is 11.7. The van der Waals surface area contributed by atoms with E-state index in [0.29, 0.717) is 17.0 Å². The van der Waals surface area contributed by atoms with Gasteiger partial charge in [-0.15, -0.1) is 0 Å². The van der Waals surface area contributed by atoms with Gasteiger partial charge in [-0.3, -0.25) is 0 Å². The van der Waals surface area contributed by atoms with E-state index in [9.17, 15) is 4.39 Å². The number of rotatable bonds is 4. The van der Waals surface area contributed by atoms with E-state index in [1.807, 2.05) is 0 Å². The van der Waals surface area contributed by atoms with Gasteiger partial charge >= 0.3 is 0 Å². The summed E-state index contributed by atoms with van der Waals surface area (Å²) in [4.78, 5) is 0. The highest BCUT2D eigenvalue weighted by Gasteiger charge is 2.17. The largest absolute Gasteiger partial charge is 0.324 e. The normalized spacial score (nSPS) is 12.9. The maximum atomic E-state index is 13.5. The minimum Gasteiger partial charge on any atom is -0.324 e. The first-order valence-corrected chi connectivity index (χ1v) is 5.72. The van der Waals surface area contributed by atoms with E-state index >= 15 is 0 Å². The van der Waals surface area contributed by atoms with Crippen molar-refractivity contribution in [2.75, 3.05) is 0 Å². The van der Waals surface area contributed by atoms with Crippen LogP contribution in [0.4, 0.5) is 4.39 Å². The number of hydrogen-bond acceptors (Lipinski definition) is 1. The second-order valence-corrected chi connectivity index (χ2v) is 4.29. The molecule has 0 heterocycles. The maximum absolute atomic E-state index is 13.5. The summed E-state index contributed by atoms with van der Waals surface area (Å²) in [6.45, 7) is 2.06. The Morgan fingerprint density at radius 1 is 1.40 bits per heavy atom. The average Bonchev–Trinajstić information content (AvgIpc) is 2.21. The van der Waals surface area contributed by atoms with Crippen LogP contribution < -0.4 is 5.73 Å². The van der Waals surface area contributed by atoms with Crippen LogP contribution in [0.1, 0.15) is 37.8 Å². The predicted molar refractivity (Wildman–Crippen MR) is 62.9 cm³/mol. The monoisotopic (exact) mass is 249 g/mol. The maximum Gasteiger partial charge on any atom is 0.129 e. The highest BCUT2D eigenvalue weighted by Crippen LogP contribution is 2.33. The molecule has 1 rings (SSSR count). The van der Waals surface area contributed by atoms with Crippen molar-refractivity contribution in [2.45, 2.75) is 32.2 Å². The lowest BCUT2D eigenvalue weighted by molar-refractivity contribution is 0.548. The molecule has 4 heteroatoms. The predicted octanol–water partition coefficient (Wildman–Crippen LogP) is 4.32. The van der Waals surface area contributed by atoms with Crippen LogP contribution >= 0.6 is 23.2 Å². The number of halogens is 3. The van der Waals surface area contributed by atoms with Gasteiger partial charge in [0.05, 0.1) is 10.0 Å². The van der Waals surface area contributed by atoms with Crippen LogP contribution in [0, 0.1) is 5.82 Å². The molecule has 0 aromatic heterocycles. The quantitative estimate of drug-likeness (QED) is 0.791. The number of hydrogen-bond donors (Lipinski definition) is 1. The van der Waals surface area contributed by atoms with Crippen molar-refractivity contribution in [1.82, 2.24) is 0 Å². The molecule has 0 saturated heterocycles. The zero-order valence-electron chi connectivity index (χ0n) is 8.56. The van der Waals surface area contributed by atoms with Gasteiger partial charge in [-0.25, -0.2) is 4.39 Å². The van der Waals surface area contributed by atoms with Gasteiger partial charge in [0, 0.05) is 11.6 Å². The molecular formula is C11H14Cl2FN. The second kappa shape index (κ2) is 5.69. The molecule has 84 valence electrons. The van der Waals surface area contributed by atoms with Crippen LogP contribution in [-0.4, -0.2) is 0 Å². The lowest BCUT2D eigenvalue weighted by Gasteiger charge is -2.14. The lowest BCUT2D eigenvalue weighted by atomic mass is 10.0. The van der Waals surface area contributed by atoms with Gasteiger partial charge in [-0.05, 0) is 18.6 Å².